The molecule has 1 rings (SSSR count). The Labute approximate surface area is 116 Å². The van der Waals surface area contributed by atoms with Gasteiger partial charge in [-0.3, -0.25) is 14.5 Å². The number of carbonyl (C=O) groups excluding carboxylic acids is 2. The lowest BCUT2D eigenvalue weighted by molar-refractivity contribution is -0.139. The van der Waals surface area contributed by atoms with Crippen LogP contribution in [-0.4, -0.2) is 65.9 Å². The molecule has 4 N–H and O–H groups in total. The fourth-order valence-corrected chi connectivity index (χ4v) is 2.53. The van der Waals surface area contributed by atoms with Crippen LogP contribution < -0.4 is 16.4 Å². The van der Waals surface area contributed by atoms with Gasteiger partial charge in [0.15, 0.2) is 0 Å². The van der Waals surface area contributed by atoms with E-state index in [0.717, 1.165) is 31.1 Å². The smallest absolute Gasteiger partial charge is 0.309 e. The van der Waals surface area contributed by atoms with Crippen LogP contribution in [0.5, 0.6) is 0 Å². The van der Waals surface area contributed by atoms with Gasteiger partial charge in [0, 0.05) is 37.7 Å². The molecule has 0 radical (unpaired) electrons. The van der Waals surface area contributed by atoms with Gasteiger partial charge in [0.25, 0.3) is 0 Å². The van der Waals surface area contributed by atoms with Crippen LogP contribution >= 0.6 is 24.0 Å². The van der Waals surface area contributed by atoms with Crippen molar-refractivity contribution in [2.75, 3.05) is 44.2 Å². The van der Waals surface area contributed by atoms with Gasteiger partial charge in [0.05, 0.1) is 11.5 Å². The molecule has 1 fully saturated rings. The van der Waals surface area contributed by atoms with Crippen molar-refractivity contribution >= 4 is 40.8 Å². The maximum atomic E-state index is 11.4. The zero-order chi connectivity index (χ0) is 13.4. The molecule has 2 amide bonds. The average Bonchev–Trinajstić information content (AvgIpc) is 2.37. The summed E-state index contributed by atoms with van der Waals surface area (Å²) in [7, 11) is 0. The Morgan fingerprint density at radius 3 is 2.44 bits per heavy atom. The summed E-state index contributed by atoms with van der Waals surface area (Å²) in [5, 5.41) is 4.91. The van der Waals surface area contributed by atoms with Crippen molar-refractivity contribution in [3.63, 3.8) is 0 Å². The molecule has 1 saturated heterocycles. The largest absolute Gasteiger partial charge is 0.392 e. The highest BCUT2D eigenvalue weighted by atomic mass is 32.2. The standard InChI is InChI=1S/C10H18N4O2S2/c11-8(17)7-13-10(16)9(15)12-1-2-14-3-5-18-6-4-14/h1-7H2,(H2,11,17)(H,12,15)(H,13,16). The molecule has 8 heteroatoms. The van der Waals surface area contributed by atoms with E-state index in [1.54, 1.807) is 0 Å². The van der Waals surface area contributed by atoms with Crippen LogP contribution in [0.2, 0.25) is 0 Å². The molecule has 102 valence electrons. The zero-order valence-corrected chi connectivity index (χ0v) is 11.7. The van der Waals surface area contributed by atoms with Crippen molar-refractivity contribution in [1.82, 2.24) is 15.5 Å². The van der Waals surface area contributed by atoms with Crippen LogP contribution in [0.1, 0.15) is 0 Å². The molecule has 18 heavy (non-hydrogen) atoms. The van der Waals surface area contributed by atoms with E-state index in [-0.39, 0.29) is 11.5 Å². The lowest BCUT2D eigenvalue weighted by Crippen LogP contribution is -2.45. The molecule has 0 atom stereocenters. The number of hydrogen-bond donors (Lipinski definition) is 3. The number of hydrogen-bond acceptors (Lipinski definition) is 5. The van der Waals surface area contributed by atoms with E-state index in [1.807, 2.05) is 11.8 Å². The van der Waals surface area contributed by atoms with Crippen molar-refractivity contribution in [3.8, 4) is 0 Å². The Morgan fingerprint density at radius 1 is 1.22 bits per heavy atom. The van der Waals surface area contributed by atoms with Gasteiger partial charge in [-0.15, -0.1) is 0 Å². The first kappa shape index (κ1) is 15.2. The van der Waals surface area contributed by atoms with Crippen LogP contribution in [0.25, 0.3) is 0 Å². The van der Waals surface area contributed by atoms with Gasteiger partial charge in [-0.1, -0.05) is 12.2 Å². The molecule has 0 aromatic heterocycles. The minimum absolute atomic E-state index is 0.0466. The van der Waals surface area contributed by atoms with E-state index >= 15 is 0 Å². The fraction of sp³-hybridized carbons (Fsp3) is 0.700. The topological polar surface area (TPSA) is 87.5 Å². The Kier molecular flexibility index (Phi) is 6.99. The number of nitrogens with two attached hydrogens (primary N) is 1. The molecule has 0 aromatic rings. The summed E-state index contributed by atoms with van der Waals surface area (Å²) < 4.78 is 0. The summed E-state index contributed by atoms with van der Waals surface area (Å²) in [4.78, 5) is 25.1. The van der Waals surface area contributed by atoms with Crippen LogP contribution in [-0.2, 0) is 9.59 Å². The second-order valence-electron chi connectivity index (χ2n) is 3.86. The monoisotopic (exact) mass is 290 g/mol. The molecule has 0 saturated carbocycles. The Morgan fingerprint density at radius 2 is 1.83 bits per heavy atom. The van der Waals surface area contributed by atoms with Gasteiger partial charge in [-0.25, -0.2) is 0 Å². The fourth-order valence-electron chi connectivity index (χ4n) is 1.48. The van der Waals surface area contributed by atoms with Crippen LogP contribution in [0.4, 0.5) is 0 Å². The number of thioether (sulfide) groups is 1. The molecule has 1 aliphatic rings. The zero-order valence-electron chi connectivity index (χ0n) is 10.1. The number of nitrogens with one attached hydrogen (secondary N) is 2. The van der Waals surface area contributed by atoms with Crippen molar-refractivity contribution in [3.05, 3.63) is 0 Å². The third kappa shape index (κ3) is 6.18. The van der Waals surface area contributed by atoms with Crippen LogP contribution in [0.15, 0.2) is 0 Å². The predicted octanol–water partition coefficient (Wildman–Crippen LogP) is -1.45. The molecule has 0 spiro atoms. The number of amides is 2. The van der Waals surface area contributed by atoms with E-state index in [1.165, 1.54) is 0 Å². The van der Waals surface area contributed by atoms with E-state index in [2.05, 4.69) is 27.8 Å². The predicted molar refractivity (Wildman–Crippen MR) is 76.6 cm³/mol. The summed E-state index contributed by atoms with van der Waals surface area (Å²) in [5.41, 5.74) is 5.21. The first-order chi connectivity index (χ1) is 8.59. The molecular formula is C10H18N4O2S2. The highest BCUT2D eigenvalue weighted by Crippen LogP contribution is 2.07. The second-order valence-corrected chi connectivity index (χ2v) is 5.61. The minimum atomic E-state index is -0.697. The van der Waals surface area contributed by atoms with Crippen molar-refractivity contribution < 1.29 is 9.59 Å². The second kappa shape index (κ2) is 8.28. The van der Waals surface area contributed by atoms with Crippen molar-refractivity contribution in [2.24, 2.45) is 5.73 Å². The lowest BCUT2D eigenvalue weighted by atomic mass is 10.4. The van der Waals surface area contributed by atoms with Gasteiger partial charge >= 0.3 is 11.8 Å². The van der Waals surface area contributed by atoms with Gasteiger partial charge in [0.2, 0.25) is 0 Å². The molecule has 0 aliphatic carbocycles. The summed E-state index contributed by atoms with van der Waals surface area (Å²) in [5.74, 6) is 0.916. The van der Waals surface area contributed by atoms with E-state index in [4.69, 9.17) is 5.73 Å². The number of thiocarbonyl (C=S) groups is 1. The summed E-state index contributed by atoms with van der Waals surface area (Å²) in [6.07, 6.45) is 0. The quantitative estimate of drug-likeness (QED) is 0.424. The Bertz CT molecular complexity index is 319. The number of carbonyl (C=O) groups is 2. The number of nitrogens with zero attached hydrogens (tertiary/aromatic N) is 1. The maximum absolute atomic E-state index is 11.4. The first-order valence-electron chi connectivity index (χ1n) is 5.74. The maximum Gasteiger partial charge on any atom is 0.309 e. The normalized spacial score (nSPS) is 16.0. The third-order valence-electron chi connectivity index (χ3n) is 2.45. The summed E-state index contributed by atoms with van der Waals surface area (Å²) in [6, 6.07) is 0. The molecule has 1 aliphatic heterocycles. The average molecular weight is 290 g/mol. The number of rotatable bonds is 5. The SMILES string of the molecule is NC(=S)CNC(=O)C(=O)NCCN1CCSCC1. The summed E-state index contributed by atoms with van der Waals surface area (Å²) >= 11 is 6.53. The highest BCUT2D eigenvalue weighted by molar-refractivity contribution is 7.99. The highest BCUT2D eigenvalue weighted by Gasteiger charge is 2.14. The van der Waals surface area contributed by atoms with Crippen LogP contribution in [0, 0.1) is 0 Å². The summed E-state index contributed by atoms with van der Waals surface area (Å²) in [6.45, 7) is 3.37. The molecule has 1 heterocycles. The van der Waals surface area contributed by atoms with Crippen molar-refractivity contribution in [2.45, 2.75) is 0 Å². The van der Waals surface area contributed by atoms with Crippen LogP contribution in [0.3, 0.4) is 0 Å². The first-order valence-corrected chi connectivity index (χ1v) is 7.30. The van der Waals surface area contributed by atoms with E-state index in [0.29, 0.717) is 6.54 Å². The van der Waals surface area contributed by atoms with E-state index in [9.17, 15) is 9.59 Å². The molecule has 0 bridgehead atoms. The van der Waals surface area contributed by atoms with Gasteiger partial charge in [0.1, 0.15) is 0 Å². The molecule has 0 unspecified atom stereocenters. The lowest BCUT2D eigenvalue weighted by Gasteiger charge is -2.25. The molecule has 0 aromatic carbocycles. The van der Waals surface area contributed by atoms with Crippen molar-refractivity contribution in [1.29, 1.82) is 0 Å². The van der Waals surface area contributed by atoms with Gasteiger partial charge in [-0.05, 0) is 0 Å². The van der Waals surface area contributed by atoms with Gasteiger partial charge in [-0.2, -0.15) is 11.8 Å². The third-order valence-corrected chi connectivity index (χ3v) is 3.53. The molecular weight excluding hydrogens is 272 g/mol. The minimum Gasteiger partial charge on any atom is -0.392 e. The Balaban J connectivity index is 2.11. The van der Waals surface area contributed by atoms with Gasteiger partial charge < -0.3 is 16.4 Å². The Hall–Kier alpha value is -0.860. The van der Waals surface area contributed by atoms with E-state index < -0.39 is 11.8 Å². The molecule has 6 nitrogen and oxygen atoms in total.